The number of aromatic nitrogens is 3. The number of carbonyl (C=O) groups is 1. The van der Waals surface area contributed by atoms with Crippen LogP contribution in [0.3, 0.4) is 0 Å². The Morgan fingerprint density at radius 2 is 2.17 bits per heavy atom. The van der Waals surface area contributed by atoms with E-state index in [0.29, 0.717) is 32.8 Å². The average molecular weight is 323 g/mol. The fourth-order valence-corrected chi connectivity index (χ4v) is 3.20. The number of methoxy groups -OCH3 is 1. The lowest BCUT2D eigenvalue weighted by Gasteiger charge is -2.43. The Bertz CT molecular complexity index is 563. The lowest BCUT2D eigenvalue weighted by molar-refractivity contribution is -0.119. The largest absolute Gasteiger partial charge is 0.378 e. The smallest absolute Gasteiger partial charge is 0.317 e. The maximum atomic E-state index is 12.1. The van der Waals surface area contributed by atoms with Crippen molar-refractivity contribution in [2.24, 2.45) is 0 Å². The Hall–Kier alpha value is -1.67. The Kier molecular flexibility index (Phi) is 4.54. The number of hydrogen-bond donors (Lipinski definition) is 1. The molecule has 2 aliphatic rings. The highest BCUT2D eigenvalue weighted by Crippen LogP contribution is 2.33. The molecule has 2 amide bonds. The van der Waals surface area contributed by atoms with Crippen molar-refractivity contribution < 1.29 is 14.3 Å². The zero-order chi connectivity index (χ0) is 16.4. The molecule has 2 aliphatic heterocycles. The molecule has 1 N–H and O–H groups in total. The Balaban J connectivity index is 1.62. The third-order valence-corrected chi connectivity index (χ3v) is 4.53. The molecule has 3 heterocycles. The molecule has 8 heteroatoms. The maximum absolute atomic E-state index is 12.1. The molecule has 1 aromatic rings. The van der Waals surface area contributed by atoms with Gasteiger partial charge in [0.05, 0.1) is 31.1 Å². The van der Waals surface area contributed by atoms with E-state index in [4.69, 9.17) is 9.47 Å². The zero-order valence-electron chi connectivity index (χ0n) is 14.0. The summed E-state index contributed by atoms with van der Waals surface area (Å²) in [4.78, 5) is 13.9. The molecule has 0 saturated carbocycles. The van der Waals surface area contributed by atoms with Gasteiger partial charge in [-0.3, -0.25) is 0 Å². The summed E-state index contributed by atoms with van der Waals surface area (Å²) in [5.74, 6) is 0. The summed E-state index contributed by atoms with van der Waals surface area (Å²) in [5, 5.41) is 11.3. The van der Waals surface area contributed by atoms with Crippen molar-refractivity contribution in [2.75, 3.05) is 20.2 Å². The number of rotatable bonds is 3. The number of fused-ring (bicyclic) bond motifs is 1. The van der Waals surface area contributed by atoms with Gasteiger partial charge in [-0.15, -0.1) is 5.10 Å². The Labute approximate surface area is 136 Å². The molecule has 0 atom stereocenters. The van der Waals surface area contributed by atoms with Crippen molar-refractivity contribution >= 4 is 6.03 Å². The minimum Gasteiger partial charge on any atom is -0.378 e. The molecule has 0 unspecified atom stereocenters. The van der Waals surface area contributed by atoms with Gasteiger partial charge in [-0.1, -0.05) is 5.21 Å². The summed E-state index contributed by atoms with van der Waals surface area (Å²) in [6.07, 6.45) is 1.63. The van der Waals surface area contributed by atoms with Crippen LogP contribution in [0.4, 0.5) is 4.79 Å². The van der Waals surface area contributed by atoms with Gasteiger partial charge in [0.25, 0.3) is 0 Å². The van der Waals surface area contributed by atoms with E-state index < -0.39 is 0 Å². The number of likely N-dealkylation sites (tertiary alicyclic amines) is 1. The summed E-state index contributed by atoms with van der Waals surface area (Å²) in [6, 6.07) is 0.163. The minimum absolute atomic E-state index is 0.00878. The average Bonchev–Trinajstić information content (AvgIpc) is 2.89. The minimum atomic E-state index is -0.236. The van der Waals surface area contributed by atoms with E-state index in [0.717, 1.165) is 24.2 Å². The van der Waals surface area contributed by atoms with Crippen LogP contribution < -0.4 is 5.32 Å². The van der Waals surface area contributed by atoms with E-state index in [-0.39, 0.29) is 17.7 Å². The van der Waals surface area contributed by atoms with Gasteiger partial charge in [0.15, 0.2) is 0 Å². The van der Waals surface area contributed by atoms with Crippen LogP contribution in [0.2, 0.25) is 0 Å². The van der Waals surface area contributed by atoms with E-state index in [1.165, 1.54) is 0 Å². The summed E-state index contributed by atoms with van der Waals surface area (Å²) >= 11 is 0. The maximum Gasteiger partial charge on any atom is 0.317 e. The molecule has 128 valence electrons. The first-order chi connectivity index (χ1) is 11.0. The van der Waals surface area contributed by atoms with Crippen molar-refractivity contribution in [3.8, 4) is 0 Å². The van der Waals surface area contributed by atoms with Crippen LogP contribution in [0.5, 0.6) is 0 Å². The van der Waals surface area contributed by atoms with Gasteiger partial charge in [0.2, 0.25) is 0 Å². The standard InChI is InChI=1S/C15H25N5O3/c1-11(2)16-14(21)19-6-4-15(5-7-19)10-20-13(9-23-15)12(8-22-3)17-18-20/h11H,4-10H2,1-3H3,(H,16,21). The van der Waals surface area contributed by atoms with E-state index in [1.807, 2.05) is 23.4 Å². The number of urea groups is 1. The number of amides is 2. The molecule has 1 spiro atoms. The van der Waals surface area contributed by atoms with E-state index >= 15 is 0 Å². The molecular weight excluding hydrogens is 298 g/mol. The lowest BCUT2D eigenvalue weighted by Crippen LogP contribution is -2.54. The molecule has 1 saturated heterocycles. The number of ether oxygens (including phenoxy) is 2. The second-order valence-electron chi connectivity index (χ2n) is 6.64. The monoisotopic (exact) mass is 323 g/mol. The van der Waals surface area contributed by atoms with Crippen LogP contribution in [-0.2, 0) is 29.2 Å². The summed E-state index contributed by atoms with van der Waals surface area (Å²) in [5.41, 5.74) is 1.60. The van der Waals surface area contributed by atoms with Crippen LogP contribution >= 0.6 is 0 Å². The number of carbonyl (C=O) groups excluding carboxylic acids is 1. The van der Waals surface area contributed by atoms with Crippen molar-refractivity contribution in [1.29, 1.82) is 0 Å². The van der Waals surface area contributed by atoms with Crippen molar-refractivity contribution in [3.63, 3.8) is 0 Å². The first-order valence-electron chi connectivity index (χ1n) is 8.12. The first kappa shape index (κ1) is 16.2. The molecule has 0 bridgehead atoms. The van der Waals surface area contributed by atoms with Gasteiger partial charge in [0, 0.05) is 26.2 Å². The highest BCUT2D eigenvalue weighted by atomic mass is 16.5. The Morgan fingerprint density at radius 3 is 2.83 bits per heavy atom. The van der Waals surface area contributed by atoms with Crippen LogP contribution in [0.1, 0.15) is 38.1 Å². The van der Waals surface area contributed by atoms with Gasteiger partial charge < -0.3 is 19.7 Å². The molecule has 3 rings (SSSR count). The van der Waals surface area contributed by atoms with E-state index in [9.17, 15) is 4.79 Å². The zero-order valence-corrected chi connectivity index (χ0v) is 14.0. The highest BCUT2D eigenvalue weighted by Gasteiger charge is 2.41. The lowest BCUT2D eigenvalue weighted by atomic mass is 9.90. The van der Waals surface area contributed by atoms with Crippen molar-refractivity contribution in [2.45, 2.75) is 58.1 Å². The normalized spacial score (nSPS) is 19.9. The molecule has 0 aliphatic carbocycles. The third-order valence-electron chi connectivity index (χ3n) is 4.53. The summed E-state index contributed by atoms with van der Waals surface area (Å²) in [7, 11) is 1.65. The van der Waals surface area contributed by atoms with Gasteiger partial charge in [-0.25, -0.2) is 9.48 Å². The van der Waals surface area contributed by atoms with E-state index in [1.54, 1.807) is 7.11 Å². The second kappa shape index (κ2) is 6.45. The van der Waals surface area contributed by atoms with Crippen molar-refractivity contribution in [3.05, 3.63) is 11.4 Å². The number of nitrogens with one attached hydrogen (secondary N) is 1. The number of nitrogens with zero attached hydrogens (tertiary/aromatic N) is 4. The molecule has 1 aromatic heterocycles. The molecule has 1 fully saturated rings. The second-order valence-corrected chi connectivity index (χ2v) is 6.64. The highest BCUT2D eigenvalue weighted by molar-refractivity contribution is 5.74. The third kappa shape index (κ3) is 3.32. The summed E-state index contributed by atoms with van der Waals surface area (Å²) < 4.78 is 13.2. The van der Waals surface area contributed by atoms with Gasteiger partial charge in [0.1, 0.15) is 5.69 Å². The summed E-state index contributed by atoms with van der Waals surface area (Å²) in [6.45, 7) is 6.99. The SMILES string of the molecule is COCc1nnn2c1COC1(CCN(C(=O)NC(C)C)CC1)C2. The van der Waals surface area contributed by atoms with Crippen LogP contribution in [0.15, 0.2) is 0 Å². The predicted molar refractivity (Wildman–Crippen MR) is 82.7 cm³/mol. The molecule has 8 nitrogen and oxygen atoms in total. The van der Waals surface area contributed by atoms with Gasteiger partial charge >= 0.3 is 6.03 Å². The van der Waals surface area contributed by atoms with Gasteiger partial charge in [-0.05, 0) is 26.7 Å². The molecule has 23 heavy (non-hydrogen) atoms. The molecule has 0 aromatic carbocycles. The molecular formula is C15H25N5O3. The molecule has 0 radical (unpaired) electrons. The quantitative estimate of drug-likeness (QED) is 0.894. The topological polar surface area (TPSA) is 81.5 Å². The van der Waals surface area contributed by atoms with Crippen LogP contribution in [-0.4, -0.2) is 57.8 Å². The number of hydrogen-bond acceptors (Lipinski definition) is 5. The van der Waals surface area contributed by atoms with Crippen LogP contribution in [0, 0.1) is 0 Å². The van der Waals surface area contributed by atoms with Crippen LogP contribution in [0.25, 0.3) is 0 Å². The number of piperidine rings is 1. The Morgan fingerprint density at radius 1 is 1.43 bits per heavy atom. The predicted octanol–water partition coefficient (Wildman–Crippen LogP) is 0.907. The fourth-order valence-electron chi connectivity index (χ4n) is 3.20. The first-order valence-corrected chi connectivity index (χ1v) is 8.12. The van der Waals surface area contributed by atoms with Gasteiger partial charge in [-0.2, -0.15) is 0 Å². The van der Waals surface area contributed by atoms with E-state index in [2.05, 4.69) is 15.6 Å². The fraction of sp³-hybridized carbons (Fsp3) is 0.800. The van der Waals surface area contributed by atoms with Crippen molar-refractivity contribution in [1.82, 2.24) is 25.2 Å².